The van der Waals surface area contributed by atoms with Crippen molar-refractivity contribution in [2.45, 2.75) is 6.92 Å². The molecule has 2 aromatic carbocycles. The van der Waals surface area contributed by atoms with Crippen molar-refractivity contribution in [2.75, 3.05) is 18.6 Å². The third-order valence-corrected chi connectivity index (χ3v) is 5.24. The number of amides is 1. The van der Waals surface area contributed by atoms with E-state index in [4.69, 9.17) is 26.8 Å². The Morgan fingerprint density at radius 3 is 2.61 bits per heavy atom. The van der Waals surface area contributed by atoms with Gasteiger partial charge in [0.05, 0.1) is 17.7 Å². The van der Waals surface area contributed by atoms with E-state index in [9.17, 15) is 9.59 Å². The Labute approximate surface area is 171 Å². The van der Waals surface area contributed by atoms with Crippen LogP contribution in [0, 0.1) is 6.92 Å². The van der Waals surface area contributed by atoms with Gasteiger partial charge >= 0.3 is 5.97 Å². The number of thiocarbonyl (C=S) groups is 1. The van der Waals surface area contributed by atoms with E-state index in [0.29, 0.717) is 26.2 Å². The number of rotatable bonds is 6. The molecule has 1 aliphatic heterocycles. The number of carboxylic acids is 1. The molecule has 0 unspecified atom stereocenters. The number of thioether (sulfide) groups is 1. The summed E-state index contributed by atoms with van der Waals surface area (Å²) in [6.07, 6.45) is 1.63. The zero-order valence-corrected chi connectivity index (χ0v) is 16.8. The van der Waals surface area contributed by atoms with Crippen molar-refractivity contribution in [1.82, 2.24) is 0 Å². The number of hydrogen-bond donors (Lipinski definition) is 1. The highest BCUT2D eigenvalue weighted by molar-refractivity contribution is 8.27. The van der Waals surface area contributed by atoms with Gasteiger partial charge in [-0.3, -0.25) is 9.69 Å². The number of carbonyl (C=O) groups is 2. The standard InChI is InChI=1S/C20H17NO5S2/c1-12-6-8-14(9-7-12)21-19(24)16(28-20(21)27)10-13-4-3-5-15(25-2)18(13)26-11-17(22)23/h3-10H,11H2,1-2H3,(H,22,23)/b16-10-. The average molecular weight is 415 g/mol. The van der Waals surface area contributed by atoms with Gasteiger partial charge in [-0.05, 0) is 31.2 Å². The molecular formula is C20H17NO5S2. The smallest absolute Gasteiger partial charge is 0.341 e. The summed E-state index contributed by atoms with van der Waals surface area (Å²) in [7, 11) is 1.46. The van der Waals surface area contributed by atoms with Gasteiger partial charge in [0.1, 0.15) is 0 Å². The maximum atomic E-state index is 12.9. The highest BCUT2D eigenvalue weighted by Crippen LogP contribution is 2.39. The summed E-state index contributed by atoms with van der Waals surface area (Å²) in [5.74, 6) is -0.717. The van der Waals surface area contributed by atoms with Gasteiger partial charge in [-0.15, -0.1) is 0 Å². The molecule has 0 bridgehead atoms. The Morgan fingerprint density at radius 2 is 1.96 bits per heavy atom. The summed E-state index contributed by atoms with van der Waals surface area (Å²) >= 11 is 6.56. The maximum Gasteiger partial charge on any atom is 0.341 e. The number of carbonyl (C=O) groups excluding carboxylic acids is 1. The summed E-state index contributed by atoms with van der Waals surface area (Å²) < 4.78 is 11.1. The molecule has 1 aliphatic rings. The van der Waals surface area contributed by atoms with Gasteiger partial charge in [-0.25, -0.2) is 4.79 Å². The van der Waals surface area contributed by atoms with Gasteiger partial charge < -0.3 is 14.6 Å². The van der Waals surface area contributed by atoms with Crippen molar-refractivity contribution in [3.63, 3.8) is 0 Å². The first-order valence-electron chi connectivity index (χ1n) is 8.27. The van der Waals surface area contributed by atoms with Gasteiger partial charge in [-0.1, -0.05) is 53.8 Å². The Balaban J connectivity index is 1.95. The number of carboxylic acid groups (broad SMARTS) is 1. The van der Waals surface area contributed by atoms with Crippen molar-refractivity contribution in [1.29, 1.82) is 0 Å². The second-order valence-electron chi connectivity index (χ2n) is 5.91. The first-order chi connectivity index (χ1) is 13.4. The third-order valence-electron chi connectivity index (χ3n) is 3.94. The molecule has 0 radical (unpaired) electrons. The predicted molar refractivity (Wildman–Crippen MR) is 113 cm³/mol. The van der Waals surface area contributed by atoms with Crippen LogP contribution in [0.25, 0.3) is 6.08 Å². The quantitative estimate of drug-likeness (QED) is 0.567. The minimum atomic E-state index is -1.11. The van der Waals surface area contributed by atoms with E-state index >= 15 is 0 Å². The molecule has 1 heterocycles. The molecule has 0 aromatic heterocycles. The summed E-state index contributed by atoms with van der Waals surface area (Å²) in [6, 6.07) is 12.6. The molecule has 0 saturated carbocycles. The van der Waals surface area contributed by atoms with Gasteiger partial charge in [0.15, 0.2) is 22.4 Å². The number of aliphatic carboxylic acids is 1. The van der Waals surface area contributed by atoms with Crippen LogP contribution < -0.4 is 14.4 Å². The van der Waals surface area contributed by atoms with E-state index in [1.165, 1.54) is 23.8 Å². The Bertz CT molecular complexity index is 969. The first kappa shape index (κ1) is 19.9. The number of benzene rings is 2. The molecule has 0 aliphatic carbocycles. The fourth-order valence-corrected chi connectivity index (χ4v) is 3.91. The van der Waals surface area contributed by atoms with Crippen LogP contribution in [0.1, 0.15) is 11.1 Å². The van der Waals surface area contributed by atoms with Crippen molar-refractivity contribution < 1.29 is 24.2 Å². The molecule has 0 atom stereocenters. The lowest BCUT2D eigenvalue weighted by atomic mass is 10.1. The van der Waals surface area contributed by atoms with Crippen molar-refractivity contribution in [3.05, 3.63) is 58.5 Å². The number of aryl methyl sites for hydroxylation is 1. The van der Waals surface area contributed by atoms with Crippen molar-refractivity contribution in [2.24, 2.45) is 0 Å². The molecule has 3 rings (SSSR count). The summed E-state index contributed by atoms with van der Waals surface area (Å²) in [5, 5.41) is 8.91. The lowest BCUT2D eigenvalue weighted by molar-refractivity contribution is -0.139. The minimum absolute atomic E-state index is 0.245. The lowest BCUT2D eigenvalue weighted by Crippen LogP contribution is -2.27. The molecule has 144 valence electrons. The summed E-state index contributed by atoms with van der Waals surface area (Å²) in [6.45, 7) is 1.45. The molecular weight excluding hydrogens is 398 g/mol. The van der Waals surface area contributed by atoms with Crippen LogP contribution in [-0.2, 0) is 9.59 Å². The van der Waals surface area contributed by atoms with Crippen LogP contribution in [0.4, 0.5) is 5.69 Å². The van der Waals surface area contributed by atoms with Crippen LogP contribution in [-0.4, -0.2) is 35.0 Å². The molecule has 28 heavy (non-hydrogen) atoms. The third kappa shape index (κ3) is 4.18. The van der Waals surface area contributed by atoms with Crippen molar-refractivity contribution in [3.8, 4) is 11.5 Å². The summed E-state index contributed by atoms with van der Waals surface area (Å²) in [4.78, 5) is 25.7. The lowest BCUT2D eigenvalue weighted by Gasteiger charge is -2.14. The molecule has 1 fully saturated rings. The number of nitrogens with zero attached hydrogens (tertiary/aromatic N) is 1. The van der Waals surface area contributed by atoms with E-state index in [2.05, 4.69) is 0 Å². The summed E-state index contributed by atoms with van der Waals surface area (Å²) in [5.41, 5.74) is 2.32. The largest absolute Gasteiger partial charge is 0.493 e. The average Bonchev–Trinajstić information content (AvgIpc) is 2.94. The number of methoxy groups -OCH3 is 1. The zero-order chi connectivity index (χ0) is 20.3. The fraction of sp³-hybridized carbons (Fsp3) is 0.150. The second kappa shape index (κ2) is 8.45. The number of para-hydroxylation sites is 1. The van der Waals surface area contributed by atoms with E-state index in [-0.39, 0.29) is 11.7 Å². The molecule has 2 aromatic rings. The molecule has 1 amide bonds. The topological polar surface area (TPSA) is 76.1 Å². The zero-order valence-electron chi connectivity index (χ0n) is 15.2. The monoisotopic (exact) mass is 415 g/mol. The van der Waals surface area contributed by atoms with Crippen LogP contribution in [0.2, 0.25) is 0 Å². The minimum Gasteiger partial charge on any atom is -0.493 e. The molecule has 8 heteroatoms. The van der Waals surface area contributed by atoms with E-state index in [1.807, 2.05) is 31.2 Å². The maximum absolute atomic E-state index is 12.9. The predicted octanol–water partition coefficient (Wildman–Crippen LogP) is 3.87. The van der Waals surface area contributed by atoms with E-state index in [0.717, 1.165) is 5.56 Å². The van der Waals surface area contributed by atoms with E-state index < -0.39 is 12.6 Å². The van der Waals surface area contributed by atoms with Crippen molar-refractivity contribution >= 4 is 51.9 Å². The van der Waals surface area contributed by atoms with Gasteiger partial charge in [0, 0.05) is 5.56 Å². The SMILES string of the molecule is COc1cccc(/C=C2\SC(=S)N(c3ccc(C)cc3)C2=O)c1OCC(=O)O. The highest BCUT2D eigenvalue weighted by Gasteiger charge is 2.33. The van der Waals surface area contributed by atoms with Crippen LogP contribution >= 0.6 is 24.0 Å². The van der Waals surface area contributed by atoms with Crippen LogP contribution in [0.5, 0.6) is 11.5 Å². The number of ether oxygens (including phenoxy) is 2. The fourth-order valence-electron chi connectivity index (χ4n) is 2.62. The molecule has 1 saturated heterocycles. The van der Waals surface area contributed by atoms with Crippen LogP contribution in [0.3, 0.4) is 0 Å². The second-order valence-corrected chi connectivity index (χ2v) is 7.59. The van der Waals surface area contributed by atoms with E-state index in [1.54, 1.807) is 24.3 Å². The normalized spacial score (nSPS) is 15.2. The molecule has 6 nitrogen and oxygen atoms in total. The number of anilines is 1. The molecule has 0 spiro atoms. The van der Waals surface area contributed by atoms with Gasteiger partial charge in [-0.2, -0.15) is 0 Å². The van der Waals surface area contributed by atoms with Crippen LogP contribution in [0.15, 0.2) is 47.4 Å². The number of hydrogen-bond acceptors (Lipinski definition) is 6. The molecule has 1 N–H and O–H groups in total. The Morgan fingerprint density at radius 1 is 1.25 bits per heavy atom. The van der Waals surface area contributed by atoms with Gasteiger partial charge in [0.25, 0.3) is 5.91 Å². The highest BCUT2D eigenvalue weighted by atomic mass is 32.2. The van der Waals surface area contributed by atoms with Gasteiger partial charge in [0.2, 0.25) is 0 Å². The Hall–Kier alpha value is -2.84. The first-order valence-corrected chi connectivity index (χ1v) is 9.49. The Kier molecular flexibility index (Phi) is 6.01.